The zero-order valence-electron chi connectivity index (χ0n) is 18.5. The van der Waals surface area contributed by atoms with Gasteiger partial charge in [-0.2, -0.15) is 0 Å². The standard InChI is InChI=1S/C23H28N6O4/c1-33-21(30)19(27-23(31)32)15-28-12-9-16(10-13-28)25-22-26-18-7-2-3-8-20(18)29(22)14-17-6-4-5-11-24-17/h2-8,11,16,19,27H,9-10,12-15H2,1H3,(H,25,26)(H,31,32). The van der Waals surface area contributed by atoms with Crippen LogP contribution in [0.5, 0.6) is 0 Å². The first-order valence-corrected chi connectivity index (χ1v) is 10.9. The molecule has 1 unspecified atom stereocenters. The molecular formula is C23H28N6O4. The number of imidazole rings is 1. The number of hydrogen-bond donors (Lipinski definition) is 3. The third kappa shape index (κ3) is 5.58. The number of anilines is 1. The molecule has 3 aromatic rings. The molecule has 3 N–H and O–H groups in total. The van der Waals surface area contributed by atoms with Crippen LogP contribution in [0.15, 0.2) is 48.7 Å². The minimum absolute atomic E-state index is 0.213. The maximum Gasteiger partial charge on any atom is 0.405 e. The summed E-state index contributed by atoms with van der Waals surface area (Å²) in [6.45, 7) is 2.36. The second-order valence-corrected chi connectivity index (χ2v) is 8.08. The first-order chi connectivity index (χ1) is 16.0. The Morgan fingerprint density at radius 2 is 1.94 bits per heavy atom. The topological polar surface area (TPSA) is 122 Å². The monoisotopic (exact) mass is 452 g/mol. The van der Waals surface area contributed by atoms with E-state index in [1.54, 1.807) is 6.20 Å². The maximum atomic E-state index is 11.9. The van der Waals surface area contributed by atoms with Gasteiger partial charge in [-0.3, -0.25) is 4.98 Å². The van der Waals surface area contributed by atoms with Crippen LogP contribution >= 0.6 is 0 Å². The number of nitrogens with one attached hydrogen (secondary N) is 2. The summed E-state index contributed by atoms with van der Waals surface area (Å²) < 4.78 is 6.87. The van der Waals surface area contributed by atoms with Crippen LogP contribution in [0.4, 0.5) is 10.7 Å². The van der Waals surface area contributed by atoms with E-state index < -0.39 is 18.1 Å². The fraction of sp³-hybridized carbons (Fsp3) is 0.391. The molecule has 33 heavy (non-hydrogen) atoms. The molecule has 174 valence electrons. The van der Waals surface area contributed by atoms with Crippen molar-refractivity contribution in [2.24, 2.45) is 0 Å². The molecule has 10 nitrogen and oxygen atoms in total. The molecule has 0 spiro atoms. The Hall–Kier alpha value is -3.66. The third-order valence-electron chi connectivity index (χ3n) is 5.85. The first kappa shape index (κ1) is 22.5. The summed E-state index contributed by atoms with van der Waals surface area (Å²) in [5.41, 5.74) is 2.93. The molecule has 1 aromatic carbocycles. The molecule has 0 saturated carbocycles. The van der Waals surface area contributed by atoms with Crippen LogP contribution in [-0.4, -0.2) is 75.4 Å². The maximum absolute atomic E-state index is 11.9. The Bertz CT molecular complexity index is 1090. The molecule has 3 heterocycles. The van der Waals surface area contributed by atoms with Gasteiger partial charge < -0.3 is 29.9 Å². The Morgan fingerprint density at radius 3 is 2.64 bits per heavy atom. The SMILES string of the molecule is COC(=O)C(CN1CCC(Nc2nc3ccccc3n2Cc2ccccn2)CC1)NC(=O)O. The van der Waals surface area contributed by atoms with Crippen molar-refractivity contribution in [2.45, 2.75) is 31.5 Å². The number of rotatable bonds is 8. The highest BCUT2D eigenvalue weighted by Crippen LogP contribution is 2.23. The summed E-state index contributed by atoms with van der Waals surface area (Å²) in [6, 6.07) is 13.2. The van der Waals surface area contributed by atoms with Crippen LogP contribution in [-0.2, 0) is 16.1 Å². The molecule has 1 aliphatic rings. The molecule has 1 aliphatic heterocycles. The molecular weight excluding hydrogens is 424 g/mol. The van der Waals surface area contributed by atoms with Crippen LogP contribution < -0.4 is 10.6 Å². The van der Waals surface area contributed by atoms with Crippen molar-refractivity contribution in [2.75, 3.05) is 32.1 Å². The van der Waals surface area contributed by atoms with Gasteiger partial charge in [-0.25, -0.2) is 14.6 Å². The summed E-state index contributed by atoms with van der Waals surface area (Å²) in [7, 11) is 1.26. The first-order valence-electron chi connectivity index (χ1n) is 10.9. The van der Waals surface area contributed by atoms with Crippen molar-refractivity contribution >= 4 is 29.0 Å². The Balaban J connectivity index is 1.42. The Labute approximate surface area is 191 Å². The molecule has 4 rings (SSSR count). The number of esters is 1. The lowest BCUT2D eigenvalue weighted by Gasteiger charge is -2.34. The van der Waals surface area contributed by atoms with Gasteiger partial charge in [0.15, 0.2) is 0 Å². The molecule has 10 heteroatoms. The van der Waals surface area contributed by atoms with E-state index in [9.17, 15) is 9.59 Å². The van der Waals surface area contributed by atoms with E-state index in [2.05, 4.69) is 31.2 Å². The number of carbonyl (C=O) groups is 2. The number of para-hydroxylation sites is 2. The highest BCUT2D eigenvalue weighted by atomic mass is 16.5. The second kappa shape index (κ2) is 10.3. The number of hydrogen-bond acceptors (Lipinski definition) is 7. The highest BCUT2D eigenvalue weighted by molar-refractivity contribution is 5.81. The summed E-state index contributed by atoms with van der Waals surface area (Å²) in [6.07, 6.45) is 2.23. The van der Waals surface area contributed by atoms with Gasteiger partial charge in [-0.1, -0.05) is 18.2 Å². The van der Waals surface area contributed by atoms with Gasteiger partial charge in [-0.05, 0) is 37.1 Å². The molecule has 0 radical (unpaired) electrons. The fourth-order valence-electron chi connectivity index (χ4n) is 4.17. The third-order valence-corrected chi connectivity index (χ3v) is 5.85. The zero-order chi connectivity index (χ0) is 23.2. The van der Waals surface area contributed by atoms with E-state index in [-0.39, 0.29) is 12.6 Å². The highest BCUT2D eigenvalue weighted by Gasteiger charge is 2.27. The number of piperidine rings is 1. The van der Waals surface area contributed by atoms with E-state index in [1.165, 1.54) is 7.11 Å². The van der Waals surface area contributed by atoms with E-state index in [1.807, 2.05) is 36.4 Å². The van der Waals surface area contributed by atoms with Crippen LogP contribution in [0.1, 0.15) is 18.5 Å². The Morgan fingerprint density at radius 1 is 1.18 bits per heavy atom. The predicted molar refractivity (Wildman–Crippen MR) is 123 cm³/mol. The van der Waals surface area contributed by atoms with Crippen molar-refractivity contribution in [1.82, 2.24) is 24.8 Å². The van der Waals surface area contributed by atoms with Crippen LogP contribution in [0.25, 0.3) is 11.0 Å². The zero-order valence-corrected chi connectivity index (χ0v) is 18.5. The number of nitrogens with zero attached hydrogens (tertiary/aromatic N) is 4. The molecule has 1 amide bonds. The number of pyridine rings is 1. The second-order valence-electron chi connectivity index (χ2n) is 8.08. The average molecular weight is 453 g/mol. The van der Waals surface area contributed by atoms with Crippen molar-refractivity contribution < 1.29 is 19.4 Å². The number of benzene rings is 1. The normalized spacial score (nSPS) is 15.8. The summed E-state index contributed by atoms with van der Waals surface area (Å²) >= 11 is 0. The van der Waals surface area contributed by atoms with Gasteiger partial charge in [0, 0.05) is 31.9 Å². The van der Waals surface area contributed by atoms with Gasteiger partial charge in [0.05, 0.1) is 30.4 Å². The van der Waals surface area contributed by atoms with E-state index in [4.69, 9.17) is 14.8 Å². The van der Waals surface area contributed by atoms with E-state index in [0.29, 0.717) is 6.54 Å². The van der Waals surface area contributed by atoms with E-state index >= 15 is 0 Å². The smallest absolute Gasteiger partial charge is 0.405 e. The largest absolute Gasteiger partial charge is 0.467 e. The van der Waals surface area contributed by atoms with Crippen molar-refractivity contribution in [1.29, 1.82) is 0 Å². The number of carbonyl (C=O) groups excluding carboxylic acids is 1. The van der Waals surface area contributed by atoms with Gasteiger partial charge in [-0.15, -0.1) is 0 Å². The number of ether oxygens (including phenoxy) is 1. The van der Waals surface area contributed by atoms with Crippen LogP contribution in [0.3, 0.4) is 0 Å². The lowest BCUT2D eigenvalue weighted by molar-refractivity contribution is -0.143. The molecule has 1 fully saturated rings. The number of fused-ring (bicyclic) bond motifs is 1. The molecule has 0 bridgehead atoms. The minimum Gasteiger partial charge on any atom is -0.467 e. The van der Waals surface area contributed by atoms with Gasteiger partial charge in [0.1, 0.15) is 6.04 Å². The van der Waals surface area contributed by atoms with Gasteiger partial charge >= 0.3 is 12.1 Å². The summed E-state index contributed by atoms with van der Waals surface area (Å²) in [5.74, 6) is 0.223. The van der Waals surface area contributed by atoms with Gasteiger partial charge in [0.2, 0.25) is 5.95 Å². The van der Waals surface area contributed by atoms with Crippen LogP contribution in [0, 0.1) is 0 Å². The summed E-state index contributed by atoms with van der Waals surface area (Å²) in [5, 5.41) is 14.8. The fourth-order valence-corrected chi connectivity index (χ4v) is 4.17. The lowest BCUT2D eigenvalue weighted by atomic mass is 10.0. The molecule has 0 aliphatic carbocycles. The molecule has 2 aromatic heterocycles. The number of aromatic nitrogens is 3. The quantitative estimate of drug-likeness (QED) is 0.445. The lowest BCUT2D eigenvalue weighted by Crippen LogP contribution is -2.51. The van der Waals surface area contributed by atoms with Gasteiger partial charge in [0.25, 0.3) is 0 Å². The number of carboxylic acid groups (broad SMARTS) is 1. The van der Waals surface area contributed by atoms with Crippen molar-refractivity contribution in [3.8, 4) is 0 Å². The van der Waals surface area contributed by atoms with Crippen molar-refractivity contribution in [3.05, 3.63) is 54.4 Å². The Kier molecular flexibility index (Phi) is 7.04. The molecule has 1 atom stereocenters. The van der Waals surface area contributed by atoms with E-state index in [0.717, 1.165) is 48.6 Å². The molecule has 1 saturated heterocycles. The summed E-state index contributed by atoms with van der Waals surface area (Å²) in [4.78, 5) is 34.2. The average Bonchev–Trinajstić information content (AvgIpc) is 3.16. The number of amides is 1. The van der Waals surface area contributed by atoms with Crippen LogP contribution in [0.2, 0.25) is 0 Å². The predicted octanol–water partition coefficient (Wildman–Crippen LogP) is 2.17. The number of likely N-dealkylation sites (tertiary alicyclic amines) is 1. The van der Waals surface area contributed by atoms with Crippen molar-refractivity contribution in [3.63, 3.8) is 0 Å². The number of methoxy groups -OCH3 is 1. The minimum atomic E-state index is -1.24.